The van der Waals surface area contributed by atoms with Crippen molar-refractivity contribution >= 4 is 106 Å². The van der Waals surface area contributed by atoms with Gasteiger partial charge in [-0.05, 0) is 24.3 Å². The van der Waals surface area contributed by atoms with Gasteiger partial charge in [-0.3, -0.25) is 9.59 Å². The second-order valence-electron chi connectivity index (χ2n) is 10.1. The first-order chi connectivity index (χ1) is 20.4. The molecule has 2 rings (SSSR count). The van der Waals surface area contributed by atoms with Crippen LogP contribution in [0.15, 0.2) is 25.4 Å². The summed E-state index contributed by atoms with van der Waals surface area (Å²) in [6.45, 7) is 4.54. The topological polar surface area (TPSA) is 74.6 Å². The van der Waals surface area contributed by atoms with Gasteiger partial charge in [0.15, 0.2) is 0 Å². The lowest BCUT2D eigenvalue weighted by Crippen LogP contribution is -1.98. The van der Waals surface area contributed by atoms with Gasteiger partial charge in [-0.25, -0.2) is 0 Å². The van der Waals surface area contributed by atoms with Gasteiger partial charge < -0.3 is 10.2 Å². The number of unbranched alkanes of at least 4 members (excludes halogenated alkanes) is 14. The van der Waals surface area contributed by atoms with Crippen LogP contribution in [0, 0.1) is 0 Å². The second kappa shape index (κ2) is 25.1. The molecule has 0 atom stereocenters. The van der Waals surface area contributed by atoms with Crippen LogP contribution in [0.5, 0.6) is 0 Å². The van der Waals surface area contributed by atoms with Gasteiger partial charge in [0.05, 0.1) is 36.9 Å². The number of carboxylic acid groups (broad SMARTS) is 2. The molecule has 12 heteroatoms. The molecule has 0 amide bonds. The Kier molecular flexibility index (Phi) is 23.4. The Morgan fingerprint density at radius 1 is 0.476 bits per heavy atom. The maximum absolute atomic E-state index is 11.2. The van der Waals surface area contributed by atoms with Gasteiger partial charge in [-0.15, -0.1) is 47.0 Å². The predicted octanol–water partition coefficient (Wildman–Crippen LogP) is 12.7. The normalized spacial score (nSPS) is 15.5. The third-order valence-corrected chi connectivity index (χ3v) is 18.1. The second-order valence-corrected chi connectivity index (χ2v) is 20.0. The summed E-state index contributed by atoms with van der Waals surface area (Å²) in [5, 5.41) is 18.4. The van der Waals surface area contributed by atoms with E-state index in [1.807, 2.05) is 47.0 Å². The van der Waals surface area contributed by atoms with E-state index in [4.69, 9.17) is 0 Å². The first-order valence-electron chi connectivity index (χ1n) is 15.3. The molecule has 0 radical (unpaired) electrons. The van der Waals surface area contributed by atoms with Gasteiger partial charge in [0.25, 0.3) is 0 Å². The van der Waals surface area contributed by atoms with Crippen molar-refractivity contribution in [1.29, 1.82) is 0 Å². The summed E-state index contributed by atoms with van der Waals surface area (Å²) in [6, 6.07) is 0. The molecule has 0 unspecified atom stereocenters. The van der Waals surface area contributed by atoms with Gasteiger partial charge in [-0.1, -0.05) is 151 Å². The number of rotatable bonds is 26. The zero-order valence-corrected chi connectivity index (χ0v) is 31.7. The maximum atomic E-state index is 11.2. The fraction of sp³-hybridized carbons (Fsp3) is 0.733. The fourth-order valence-electron chi connectivity index (χ4n) is 4.12. The number of carboxylic acids is 2. The highest BCUT2D eigenvalue weighted by molar-refractivity contribution is 8.45. The minimum Gasteiger partial charge on any atom is -0.481 e. The van der Waals surface area contributed by atoms with Crippen LogP contribution in [0.2, 0.25) is 0 Å². The average Bonchev–Trinajstić information content (AvgIpc) is 3.57. The van der Waals surface area contributed by atoms with Gasteiger partial charge in [0.1, 0.15) is 0 Å². The zero-order chi connectivity index (χ0) is 30.4. The SMILES string of the molecule is CCCCCCCCCCSC1=C(SCCCCCCCCCC)SC(=C2SC(SCC(=O)O)=C(SCC(=O)O)S2)S1. The van der Waals surface area contributed by atoms with E-state index < -0.39 is 11.9 Å². The standard InChI is InChI=1S/C30H48O4S8/c1-3-5-7-9-11-13-15-17-19-35-25-26(36-20-18-16-14-12-10-8-6-4-2)40-29(39-25)30-41-27(37-21-23(31)32)28(42-30)38-22-24(33)34/h3-22H2,1-2H3,(H,31,32)(H,33,34). The molecule has 4 nitrogen and oxygen atoms in total. The molecule has 0 saturated carbocycles. The van der Waals surface area contributed by atoms with Crippen molar-refractivity contribution in [3.8, 4) is 0 Å². The van der Waals surface area contributed by atoms with E-state index in [2.05, 4.69) is 13.8 Å². The van der Waals surface area contributed by atoms with Crippen molar-refractivity contribution < 1.29 is 19.8 Å². The lowest BCUT2D eigenvalue weighted by Gasteiger charge is -2.06. The molecule has 0 aromatic carbocycles. The molecule has 2 aliphatic heterocycles. The lowest BCUT2D eigenvalue weighted by atomic mass is 10.1. The molecule has 0 fully saturated rings. The quantitative estimate of drug-likeness (QED) is 0.0833. The molecule has 0 bridgehead atoms. The fourth-order valence-corrected chi connectivity index (χ4v) is 15.7. The Labute approximate surface area is 288 Å². The van der Waals surface area contributed by atoms with E-state index in [0.29, 0.717) is 0 Å². The molecule has 2 N–H and O–H groups in total. The highest BCUT2D eigenvalue weighted by Gasteiger charge is 2.31. The van der Waals surface area contributed by atoms with Crippen molar-refractivity contribution in [2.45, 2.75) is 117 Å². The van der Waals surface area contributed by atoms with Crippen molar-refractivity contribution in [2.75, 3.05) is 23.0 Å². The average molecular weight is 729 g/mol. The first kappa shape index (κ1) is 39.1. The Bertz CT molecular complexity index is 851. The minimum absolute atomic E-state index is 0.0133. The molecule has 0 spiro atoms. The predicted molar refractivity (Wildman–Crippen MR) is 202 cm³/mol. The third-order valence-electron chi connectivity index (χ3n) is 6.36. The van der Waals surface area contributed by atoms with Crippen LogP contribution in [0.3, 0.4) is 0 Å². The summed E-state index contributed by atoms with van der Waals surface area (Å²) in [7, 11) is 0. The molecule has 2 aliphatic rings. The van der Waals surface area contributed by atoms with Crippen molar-refractivity contribution in [1.82, 2.24) is 0 Å². The van der Waals surface area contributed by atoms with Crippen LogP contribution in [0.4, 0.5) is 0 Å². The van der Waals surface area contributed by atoms with E-state index in [-0.39, 0.29) is 11.5 Å². The maximum Gasteiger partial charge on any atom is 0.313 e. The van der Waals surface area contributed by atoms with E-state index in [0.717, 1.165) is 20.0 Å². The molecular formula is C30H48O4S8. The Morgan fingerprint density at radius 3 is 1.07 bits per heavy atom. The van der Waals surface area contributed by atoms with Crippen LogP contribution in [-0.2, 0) is 9.59 Å². The Balaban J connectivity index is 1.92. The van der Waals surface area contributed by atoms with Gasteiger partial charge in [0.2, 0.25) is 0 Å². The molecule has 2 heterocycles. The summed E-state index contributed by atoms with van der Waals surface area (Å²) in [6.07, 6.45) is 21.4. The number of carbonyl (C=O) groups is 2. The first-order valence-corrected chi connectivity index (χ1v) is 22.5. The zero-order valence-electron chi connectivity index (χ0n) is 25.1. The number of hydrogen-bond donors (Lipinski definition) is 2. The van der Waals surface area contributed by atoms with Crippen LogP contribution in [0.1, 0.15) is 117 Å². The highest BCUT2D eigenvalue weighted by Crippen LogP contribution is 2.66. The van der Waals surface area contributed by atoms with Crippen LogP contribution >= 0.6 is 94.1 Å². The summed E-state index contributed by atoms with van der Waals surface area (Å²) < 4.78 is 7.11. The summed E-state index contributed by atoms with van der Waals surface area (Å²) in [4.78, 5) is 22.4. The van der Waals surface area contributed by atoms with Crippen molar-refractivity contribution in [2.24, 2.45) is 0 Å². The monoisotopic (exact) mass is 728 g/mol. The lowest BCUT2D eigenvalue weighted by molar-refractivity contribution is -0.134. The van der Waals surface area contributed by atoms with E-state index >= 15 is 0 Å². The van der Waals surface area contributed by atoms with Gasteiger partial charge >= 0.3 is 11.9 Å². The molecule has 0 aromatic heterocycles. The molecular weight excluding hydrogens is 681 g/mol. The Hall–Kier alpha value is 0.960. The molecule has 0 aliphatic carbocycles. The summed E-state index contributed by atoms with van der Waals surface area (Å²) >= 11 is 13.6. The largest absolute Gasteiger partial charge is 0.481 e. The highest BCUT2D eigenvalue weighted by atomic mass is 32.3. The van der Waals surface area contributed by atoms with E-state index in [1.165, 1.54) is 143 Å². The van der Waals surface area contributed by atoms with Crippen molar-refractivity contribution in [3.63, 3.8) is 0 Å². The minimum atomic E-state index is -0.854. The number of hydrogen-bond acceptors (Lipinski definition) is 10. The summed E-state index contributed by atoms with van der Waals surface area (Å²) in [5.74, 6) is 0.571. The van der Waals surface area contributed by atoms with Crippen LogP contribution in [0.25, 0.3) is 0 Å². The molecule has 0 aromatic rings. The van der Waals surface area contributed by atoms with Gasteiger partial charge in [0, 0.05) is 0 Å². The molecule has 0 saturated heterocycles. The van der Waals surface area contributed by atoms with Gasteiger partial charge in [-0.2, -0.15) is 0 Å². The van der Waals surface area contributed by atoms with Crippen LogP contribution in [-0.4, -0.2) is 45.2 Å². The third kappa shape index (κ3) is 17.6. The number of thioether (sulfide) groups is 8. The number of aliphatic carboxylic acids is 2. The van der Waals surface area contributed by atoms with Crippen molar-refractivity contribution in [3.05, 3.63) is 25.4 Å². The molecule has 240 valence electrons. The van der Waals surface area contributed by atoms with Crippen LogP contribution < -0.4 is 0 Å². The summed E-state index contributed by atoms with van der Waals surface area (Å²) in [5.41, 5.74) is 0. The van der Waals surface area contributed by atoms with E-state index in [1.54, 1.807) is 23.5 Å². The molecule has 42 heavy (non-hydrogen) atoms. The smallest absolute Gasteiger partial charge is 0.313 e. The van der Waals surface area contributed by atoms with E-state index in [9.17, 15) is 19.8 Å². The Morgan fingerprint density at radius 2 is 0.762 bits per heavy atom.